The van der Waals surface area contributed by atoms with E-state index in [1.165, 1.54) is 4.90 Å². The first kappa shape index (κ1) is 20.9. The summed E-state index contributed by atoms with van der Waals surface area (Å²) in [5, 5.41) is 15.7. The van der Waals surface area contributed by atoms with E-state index in [1.54, 1.807) is 0 Å². The Balaban J connectivity index is -0.000000105. The van der Waals surface area contributed by atoms with Gasteiger partial charge in [0.1, 0.15) is 0 Å². The summed E-state index contributed by atoms with van der Waals surface area (Å²) in [6, 6.07) is 0. The fourth-order valence-electron chi connectivity index (χ4n) is 0.545. The number of aliphatic hydroxyl groups is 2. The number of thiol groups is 2. The van der Waals surface area contributed by atoms with Crippen molar-refractivity contribution in [1.29, 1.82) is 0 Å². The maximum atomic E-state index is 10.5. The zero-order valence-electron chi connectivity index (χ0n) is 9.46. The third-order valence-corrected chi connectivity index (χ3v) is 1.29. The molecule has 0 bridgehead atoms. The molecule has 0 aliphatic carbocycles. The number of hydrogen-bond acceptors (Lipinski definition) is 4. The molecule has 4 N–H and O–H groups in total. The summed E-state index contributed by atoms with van der Waals surface area (Å²) in [5.74, 6) is 0. The number of hydrogen-bond donors (Lipinski definition) is 5. The fourth-order valence-corrected chi connectivity index (χ4v) is 0.745. The van der Waals surface area contributed by atoms with Crippen molar-refractivity contribution in [3.05, 3.63) is 0 Å². The number of nitrogens with zero attached hydrogens (tertiary/aromatic N) is 1. The Morgan fingerprint density at radius 3 is 1.60 bits per heavy atom. The van der Waals surface area contributed by atoms with E-state index in [4.69, 9.17) is 15.0 Å². The van der Waals surface area contributed by atoms with Crippen LogP contribution in [0, 0.1) is 0 Å². The Morgan fingerprint density at radius 2 is 1.47 bits per heavy atom. The van der Waals surface area contributed by atoms with Crippen LogP contribution in [0.25, 0.3) is 0 Å². The first-order valence-electron chi connectivity index (χ1n) is 3.63. The molecule has 0 unspecified atom stereocenters. The van der Waals surface area contributed by atoms with Crippen LogP contribution in [0.2, 0.25) is 0 Å². The minimum Gasteiger partial charge on any atom is -1.00 e. The van der Waals surface area contributed by atoms with E-state index in [0.717, 1.165) is 0 Å². The summed E-state index contributed by atoms with van der Waals surface area (Å²) >= 11 is 6.63. The number of amides is 2. The van der Waals surface area contributed by atoms with Gasteiger partial charge in [-0.05, 0) is 0 Å². The first-order chi connectivity index (χ1) is 6.45. The normalized spacial score (nSPS) is 8.00. The molecule has 86 valence electrons. The van der Waals surface area contributed by atoms with Crippen LogP contribution in [-0.4, -0.2) is 51.9 Å². The van der Waals surface area contributed by atoms with Gasteiger partial charge in [0, 0.05) is 13.1 Å². The van der Waals surface area contributed by atoms with Crippen LogP contribution in [0.4, 0.5) is 9.59 Å². The quantitative estimate of drug-likeness (QED) is 0.268. The molecule has 15 heavy (non-hydrogen) atoms. The Hall–Kier alpha value is 0.560. The molecule has 6 nitrogen and oxygen atoms in total. The standard InChI is InChI=1S/C5H11NO3S.CH3NOS.Na.H/c7-3-1-6(2-4-8)5(9)10;2-1(3)4;;/h7-8H,1-4H2,(H,9,10);(H3,2,3,4);;/q;;+1;-1. The van der Waals surface area contributed by atoms with E-state index in [0.29, 0.717) is 0 Å². The SMILES string of the molecule is NC(=O)S.O=C(S)N(CCO)CCO.[H-].[Na+]. The molecule has 2 amide bonds. The Labute approximate surface area is 123 Å². The molecule has 0 atom stereocenters. The molecule has 0 heterocycles. The third-order valence-electron chi connectivity index (χ3n) is 1.01. The van der Waals surface area contributed by atoms with Crippen molar-refractivity contribution < 1.29 is 50.8 Å². The number of primary amides is 1. The Kier molecular flexibility index (Phi) is 20.3. The molecule has 0 fully saturated rings. The van der Waals surface area contributed by atoms with Gasteiger partial charge in [0.05, 0.1) is 13.2 Å². The Morgan fingerprint density at radius 1 is 1.20 bits per heavy atom. The van der Waals surface area contributed by atoms with E-state index in [9.17, 15) is 4.79 Å². The molecule has 0 aromatic rings. The van der Waals surface area contributed by atoms with E-state index >= 15 is 0 Å². The largest absolute Gasteiger partial charge is 1.00 e. The number of aliphatic hydroxyl groups excluding tert-OH is 2. The molecule has 0 spiro atoms. The van der Waals surface area contributed by atoms with Gasteiger partial charge in [0.15, 0.2) is 0 Å². The van der Waals surface area contributed by atoms with Crippen LogP contribution >= 0.6 is 25.3 Å². The average Bonchev–Trinajstić information content (AvgIpc) is 2.02. The molecular formula is C6H15N2NaO4S2. The smallest absolute Gasteiger partial charge is 1.00 e. The molecule has 0 radical (unpaired) electrons. The van der Waals surface area contributed by atoms with Crippen molar-refractivity contribution in [2.24, 2.45) is 5.73 Å². The predicted octanol–water partition coefficient (Wildman–Crippen LogP) is -3.57. The van der Waals surface area contributed by atoms with Gasteiger partial charge in [-0.1, -0.05) is 25.3 Å². The van der Waals surface area contributed by atoms with E-state index in [1.807, 2.05) is 0 Å². The van der Waals surface area contributed by atoms with Gasteiger partial charge in [-0.2, -0.15) is 0 Å². The van der Waals surface area contributed by atoms with Crippen LogP contribution in [0.5, 0.6) is 0 Å². The summed E-state index contributed by atoms with van der Waals surface area (Å²) in [6.07, 6.45) is 0. The molecule has 0 aromatic carbocycles. The van der Waals surface area contributed by atoms with E-state index < -0.39 is 10.5 Å². The molecule has 9 heteroatoms. The Bertz CT molecular complexity index is 180. The molecule has 0 aliphatic rings. The summed E-state index contributed by atoms with van der Waals surface area (Å²) in [4.78, 5) is 20.8. The van der Waals surface area contributed by atoms with Crippen LogP contribution in [0.1, 0.15) is 1.43 Å². The maximum Gasteiger partial charge on any atom is 1.00 e. The minimum atomic E-state index is -0.639. The van der Waals surface area contributed by atoms with Crippen LogP contribution in [0.3, 0.4) is 0 Å². The van der Waals surface area contributed by atoms with Gasteiger partial charge in [0.25, 0.3) is 10.5 Å². The van der Waals surface area contributed by atoms with Crippen molar-refractivity contribution >= 4 is 35.7 Å². The van der Waals surface area contributed by atoms with Gasteiger partial charge in [-0.15, -0.1) is 0 Å². The second-order valence-electron chi connectivity index (χ2n) is 2.06. The monoisotopic (exact) mass is 266 g/mol. The summed E-state index contributed by atoms with van der Waals surface area (Å²) in [6.45, 7) is 0.240. The zero-order valence-corrected chi connectivity index (χ0v) is 12.2. The molecule has 0 saturated heterocycles. The molecular weight excluding hydrogens is 251 g/mol. The van der Waals surface area contributed by atoms with Crippen molar-refractivity contribution in [1.82, 2.24) is 4.90 Å². The maximum absolute atomic E-state index is 10.5. The van der Waals surface area contributed by atoms with Crippen LogP contribution in [0.15, 0.2) is 0 Å². The van der Waals surface area contributed by atoms with E-state index in [2.05, 4.69) is 31.0 Å². The first-order valence-corrected chi connectivity index (χ1v) is 4.53. The summed E-state index contributed by atoms with van der Waals surface area (Å²) in [5.41, 5.74) is 4.34. The van der Waals surface area contributed by atoms with Crippen molar-refractivity contribution in [2.45, 2.75) is 0 Å². The number of rotatable bonds is 4. The molecule has 0 aromatic heterocycles. The fraction of sp³-hybridized carbons (Fsp3) is 0.667. The van der Waals surface area contributed by atoms with Gasteiger partial charge < -0.3 is 22.3 Å². The average molecular weight is 266 g/mol. The topological polar surface area (TPSA) is 104 Å². The van der Waals surface area contributed by atoms with E-state index in [-0.39, 0.29) is 57.3 Å². The predicted molar refractivity (Wildman–Crippen MR) is 59.8 cm³/mol. The molecule has 0 rings (SSSR count). The summed E-state index contributed by atoms with van der Waals surface area (Å²) < 4.78 is 0. The summed E-state index contributed by atoms with van der Waals surface area (Å²) in [7, 11) is 0. The number of carbonyl (C=O) groups is 2. The van der Waals surface area contributed by atoms with Crippen LogP contribution in [-0.2, 0) is 0 Å². The van der Waals surface area contributed by atoms with Crippen molar-refractivity contribution in [3.8, 4) is 0 Å². The van der Waals surface area contributed by atoms with Gasteiger partial charge in [0.2, 0.25) is 0 Å². The minimum absolute atomic E-state index is 0. The van der Waals surface area contributed by atoms with Crippen LogP contribution < -0.4 is 35.3 Å². The van der Waals surface area contributed by atoms with Crippen molar-refractivity contribution in [2.75, 3.05) is 26.3 Å². The number of carbonyl (C=O) groups excluding carboxylic acids is 2. The zero-order chi connectivity index (χ0) is 11.6. The second-order valence-corrected chi connectivity index (χ2v) is 2.88. The molecule has 0 saturated carbocycles. The van der Waals surface area contributed by atoms with Crippen molar-refractivity contribution in [3.63, 3.8) is 0 Å². The number of nitrogens with two attached hydrogens (primary N) is 1. The second kappa shape index (κ2) is 14.6. The van der Waals surface area contributed by atoms with Gasteiger partial charge >= 0.3 is 29.6 Å². The van der Waals surface area contributed by atoms with Gasteiger partial charge in [-0.3, -0.25) is 9.59 Å². The van der Waals surface area contributed by atoms with Gasteiger partial charge in [-0.25, -0.2) is 0 Å². The third kappa shape index (κ3) is 20.6. The molecule has 0 aliphatic heterocycles.